The first-order valence-electron chi connectivity index (χ1n) is 11.9. The Morgan fingerprint density at radius 3 is 2.19 bits per heavy atom. The van der Waals surface area contributed by atoms with Gasteiger partial charge in [-0.15, -0.1) is 11.8 Å². The van der Waals surface area contributed by atoms with Gasteiger partial charge in [-0.25, -0.2) is 0 Å². The molecule has 0 aromatic heterocycles. The van der Waals surface area contributed by atoms with Gasteiger partial charge < -0.3 is 10.2 Å². The lowest BCUT2D eigenvalue weighted by Crippen LogP contribution is -2.54. The first kappa shape index (κ1) is 29.6. The summed E-state index contributed by atoms with van der Waals surface area (Å²) in [6.07, 6.45) is 0.406. The molecule has 1 atom stereocenters. The fourth-order valence-electron chi connectivity index (χ4n) is 3.83. The third-order valence-electron chi connectivity index (χ3n) is 5.54. The molecule has 0 radical (unpaired) electrons. The molecule has 0 aliphatic heterocycles. The van der Waals surface area contributed by atoms with Crippen LogP contribution in [0.2, 0.25) is 10.0 Å². The smallest absolute Gasteiger partial charge is 0.243 e. The first-order valence-corrected chi connectivity index (χ1v) is 14.6. The summed E-state index contributed by atoms with van der Waals surface area (Å²) in [7, 11) is 0. The van der Waals surface area contributed by atoms with E-state index in [9.17, 15) is 9.59 Å². The van der Waals surface area contributed by atoms with Crippen LogP contribution in [0.4, 0.5) is 0 Å². The quantitative estimate of drug-likeness (QED) is 0.254. The summed E-state index contributed by atoms with van der Waals surface area (Å²) < 4.78 is 0.916. The van der Waals surface area contributed by atoms with Gasteiger partial charge in [0.05, 0.1) is 5.75 Å². The Kier molecular flexibility index (Phi) is 10.9. The van der Waals surface area contributed by atoms with E-state index in [0.29, 0.717) is 28.8 Å². The maximum absolute atomic E-state index is 13.7. The van der Waals surface area contributed by atoms with E-state index in [1.54, 1.807) is 23.1 Å². The van der Waals surface area contributed by atoms with Crippen molar-refractivity contribution in [3.05, 3.63) is 104 Å². The molecule has 0 bridgehead atoms. The second-order valence-corrected chi connectivity index (χ2v) is 12.5. The van der Waals surface area contributed by atoms with Crippen LogP contribution in [0.25, 0.3) is 0 Å². The number of nitrogens with one attached hydrogen (secondary N) is 1. The van der Waals surface area contributed by atoms with E-state index in [2.05, 4.69) is 21.2 Å². The highest BCUT2D eigenvalue weighted by molar-refractivity contribution is 9.10. The molecule has 0 aliphatic rings. The van der Waals surface area contributed by atoms with Crippen LogP contribution in [0.1, 0.15) is 37.5 Å². The van der Waals surface area contributed by atoms with Gasteiger partial charge in [0.15, 0.2) is 0 Å². The summed E-state index contributed by atoms with van der Waals surface area (Å²) in [5.74, 6) is 0.368. The Labute approximate surface area is 242 Å². The summed E-state index contributed by atoms with van der Waals surface area (Å²) in [5, 5.41) is 4.23. The number of hydrogen-bond acceptors (Lipinski definition) is 3. The first-order chi connectivity index (χ1) is 17.5. The van der Waals surface area contributed by atoms with Crippen molar-refractivity contribution in [3.8, 4) is 0 Å². The molecule has 3 rings (SSSR count). The number of carbonyl (C=O) groups is 2. The molecular formula is C29H31BrCl2N2O2S. The Balaban J connectivity index is 1.89. The van der Waals surface area contributed by atoms with Crippen molar-refractivity contribution in [2.24, 2.45) is 0 Å². The van der Waals surface area contributed by atoms with Gasteiger partial charge >= 0.3 is 0 Å². The van der Waals surface area contributed by atoms with Crippen LogP contribution >= 0.6 is 50.9 Å². The zero-order valence-electron chi connectivity index (χ0n) is 21.1. The molecule has 8 heteroatoms. The van der Waals surface area contributed by atoms with Gasteiger partial charge in [0.2, 0.25) is 11.8 Å². The molecule has 0 saturated carbocycles. The summed E-state index contributed by atoms with van der Waals surface area (Å²) in [4.78, 5) is 29.0. The predicted octanol–water partition coefficient (Wildman–Crippen LogP) is 7.54. The number of hydrogen-bond donors (Lipinski definition) is 1. The highest BCUT2D eigenvalue weighted by Gasteiger charge is 2.32. The van der Waals surface area contributed by atoms with Gasteiger partial charge in [-0.05, 0) is 61.7 Å². The molecule has 4 nitrogen and oxygen atoms in total. The van der Waals surface area contributed by atoms with Gasteiger partial charge in [-0.1, -0.05) is 87.7 Å². The van der Waals surface area contributed by atoms with E-state index in [4.69, 9.17) is 23.2 Å². The van der Waals surface area contributed by atoms with Crippen molar-refractivity contribution < 1.29 is 9.59 Å². The second-order valence-electron chi connectivity index (χ2n) is 9.79. The lowest BCUT2D eigenvalue weighted by Gasteiger charge is -2.34. The topological polar surface area (TPSA) is 49.4 Å². The van der Waals surface area contributed by atoms with Crippen molar-refractivity contribution >= 4 is 62.7 Å². The van der Waals surface area contributed by atoms with Gasteiger partial charge in [-0.2, -0.15) is 0 Å². The molecule has 37 heavy (non-hydrogen) atoms. The highest BCUT2D eigenvalue weighted by atomic mass is 79.9. The highest BCUT2D eigenvalue weighted by Crippen LogP contribution is 2.29. The number of rotatable bonds is 10. The molecule has 196 valence electrons. The maximum atomic E-state index is 13.7. The van der Waals surface area contributed by atoms with E-state index in [1.165, 1.54) is 11.8 Å². The monoisotopic (exact) mass is 620 g/mol. The number of thioether (sulfide) groups is 1. The second kappa shape index (κ2) is 13.7. The molecule has 0 fully saturated rings. The van der Waals surface area contributed by atoms with E-state index in [1.807, 2.05) is 75.4 Å². The van der Waals surface area contributed by atoms with Crippen LogP contribution in [-0.4, -0.2) is 34.0 Å². The number of nitrogens with zero attached hydrogens (tertiary/aromatic N) is 1. The van der Waals surface area contributed by atoms with Crippen molar-refractivity contribution in [3.63, 3.8) is 0 Å². The fourth-order valence-corrected chi connectivity index (χ4v) is 5.93. The predicted molar refractivity (Wildman–Crippen MR) is 159 cm³/mol. The van der Waals surface area contributed by atoms with Gasteiger partial charge in [0.25, 0.3) is 0 Å². The van der Waals surface area contributed by atoms with E-state index in [0.717, 1.165) is 21.2 Å². The number of carbonyl (C=O) groups excluding carboxylic acids is 2. The van der Waals surface area contributed by atoms with Gasteiger partial charge in [0.1, 0.15) is 6.04 Å². The summed E-state index contributed by atoms with van der Waals surface area (Å²) in [6.45, 7) is 6.12. The van der Waals surface area contributed by atoms with Crippen molar-refractivity contribution in [2.45, 2.75) is 51.1 Å². The standard InChI is InChI=1S/C29H31BrCl2N2O2S/c1-29(2,3)33-28(36)26(16-20-9-5-4-6-10-20)34(17-21-11-7-12-22(30)15-21)27(35)19-37-18-23-24(31)13-8-14-25(23)32/h4-15,26H,16-19H2,1-3H3,(H,33,36)/t26-/m1/s1. The minimum Gasteiger partial charge on any atom is -0.350 e. The summed E-state index contributed by atoms with van der Waals surface area (Å²) in [5.41, 5.74) is 2.28. The molecule has 0 saturated heterocycles. The molecule has 2 amide bonds. The van der Waals surface area contributed by atoms with Crippen molar-refractivity contribution in [1.82, 2.24) is 10.2 Å². The molecule has 0 spiro atoms. The lowest BCUT2D eigenvalue weighted by molar-refractivity contribution is -0.140. The zero-order valence-corrected chi connectivity index (χ0v) is 25.1. The molecule has 3 aromatic carbocycles. The third kappa shape index (κ3) is 9.36. The molecule has 1 N–H and O–H groups in total. The molecule has 3 aromatic rings. The Hall–Kier alpha value is -1.99. The van der Waals surface area contributed by atoms with Crippen molar-refractivity contribution in [1.29, 1.82) is 0 Å². The maximum Gasteiger partial charge on any atom is 0.243 e. The normalized spacial score (nSPS) is 12.2. The third-order valence-corrected chi connectivity index (χ3v) is 7.69. The molecule has 0 unspecified atom stereocenters. The minimum absolute atomic E-state index is 0.127. The number of amides is 2. The van der Waals surface area contributed by atoms with E-state index < -0.39 is 11.6 Å². The lowest BCUT2D eigenvalue weighted by atomic mass is 10.0. The Morgan fingerprint density at radius 1 is 0.946 bits per heavy atom. The van der Waals surface area contributed by atoms with Crippen LogP contribution in [0.15, 0.2) is 77.3 Å². The van der Waals surface area contributed by atoms with Crippen LogP contribution in [0.5, 0.6) is 0 Å². The largest absolute Gasteiger partial charge is 0.350 e. The van der Waals surface area contributed by atoms with E-state index >= 15 is 0 Å². The number of benzene rings is 3. The van der Waals surface area contributed by atoms with Gasteiger partial charge in [0, 0.05) is 38.8 Å². The zero-order chi connectivity index (χ0) is 27.0. The number of halogens is 3. The SMILES string of the molecule is CC(C)(C)NC(=O)[C@@H](Cc1ccccc1)N(Cc1cccc(Br)c1)C(=O)CSCc1c(Cl)cccc1Cl. The van der Waals surface area contributed by atoms with Crippen molar-refractivity contribution in [2.75, 3.05) is 5.75 Å². The average Bonchev–Trinajstić information content (AvgIpc) is 2.82. The van der Waals surface area contributed by atoms with Crippen LogP contribution in [0, 0.1) is 0 Å². The summed E-state index contributed by atoms with van der Waals surface area (Å²) >= 11 is 17.6. The summed E-state index contributed by atoms with van der Waals surface area (Å²) in [6, 6.07) is 22.3. The fraction of sp³-hybridized carbons (Fsp3) is 0.310. The minimum atomic E-state index is -0.683. The Morgan fingerprint density at radius 2 is 1.57 bits per heavy atom. The van der Waals surface area contributed by atoms with E-state index in [-0.39, 0.29) is 17.6 Å². The molecule has 0 heterocycles. The Bertz CT molecular complexity index is 1200. The van der Waals surface area contributed by atoms with Crippen LogP contribution in [0.3, 0.4) is 0 Å². The molecular weight excluding hydrogens is 591 g/mol. The average molecular weight is 622 g/mol. The van der Waals surface area contributed by atoms with Crippen LogP contribution in [-0.2, 0) is 28.3 Å². The van der Waals surface area contributed by atoms with Gasteiger partial charge in [-0.3, -0.25) is 9.59 Å². The van der Waals surface area contributed by atoms with Crippen LogP contribution < -0.4 is 5.32 Å². The molecule has 0 aliphatic carbocycles.